The van der Waals surface area contributed by atoms with E-state index in [0.29, 0.717) is 43.3 Å². The first-order valence-corrected chi connectivity index (χ1v) is 10.9. The Labute approximate surface area is 187 Å². The van der Waals surface area contributed by atoms with Gasteiger partial charge in [0, 0.05) is 25.8 Å². The van der Waals surface area contributed by atoms with Crippen LogP contribution >= 0.6 is 24.0 Å². The predicted octanol–water partition coefficient (Wildman–Crippen LogP) is 1.52. The molecule has 1 amide bonds. The molecule has 0 unspecified atom stereocenters. The molecule has 0 spiro atoms. The molecule has 2 aromatic rings. The Bertz CT molecular complexity index is 1170. The first kappa shape index (κ1) is 21.5. The van der Waals surface area contributed by atoms with Crippen LogP contribution in [0.5, 0.6) is 0 Å². The van der Waals surface area contributed by atoms with Gasteiger partial charge in [-0.15, -0.1) is 0 Å². The van der Waals surface area contributed by atoms with E-state index in [4.69, 9.17) is 27.0 Å². The Morgan fingerprint density at radius 2 is 2.10 bits per heavy atom. The number of hydrogen-bond acceptors (Lipinski definition) is 8. The van der Waals surface area contributed by atoms with Crippen molar-refractivity contribution in [1.82, 2.24) is 14.3 Å². The zero-order chi connectivity index (χ0) is 22.1. The Balaban J connectivity index is 1.82. The van der Waals surface area contributed by atoms with Crippen LogP contribution in [0.2, 0.25) is 0 Å². The molecule has 9 nitrogen and oxygen atoms in total. The number of carbonyl (C=O) groups is 2. The monoisotopic (exact) mass is 460 g/mol. The topological polar surface area (TPSA) is 104 Å². The molecule has 31 heavy (non-hydrogen) atoms. The fraction of sp³-hybridized carbons (Fsp3) is 0.350. The number of ether oxygens (including phenoxy) is 1. The highest BCUT2D eigenvalue weighted by molar-refractivity contribution is 8.26. The van der Waals surface area contributed by atoms with Gasteiger partial charge in [-0.25, -0.2) is 4.98 Å². The highest BCUT2D eigenvalue weighted by Crippen LogP contribution is 2.33. The maximum absolute atomic E-state index is 13.4. The van der Waals surface area contributed by atoms with Gasteiger partial charge < -0.3 is 14.7 Å². The van der Waals surface area contributed by atoms with E-state index in [1.807, 2.05) is 17.9 Å². The second kappa shape index (κ2) is 8.77. The van der Waals surface area contributed by atoms with E-state index in [-0.39, 0.29) is 27.8 Å². The predicted molar refractivity (Wildman–Crippen MR) is 121 cm³/mol. The number of morpholine rings is 1. The average Bonchev–Trinajstić information content (AvgIpc) is 3.02. The van der Waals surface area contributed by atoms with Gasteiger partial charge in [-0.1, -0.05) is 30.0 Å². The number of amides is 1. The molecule has 2 saturated heterocycles. The number of anilines is 1. The lowest BCUT2D eigenvalue weighted by molar-refractivity contribution is -0.137. The SMILES string of the molecule is Cc1cccn2c(=O)c(/C=C3/SC(=S)N(CCC(=O)O)C3=O)c(N3CCOCC3)nc12. The normalized spacial score (nSPS) is 18.4. The number of carboxylic acid groups (broad SMARTS) is 1. The molecule has 0 radical (unpaired) electrons. The summed E-state index contributed by atoms with van der Waals surface area (Å²) in [5.41, 5.74) is 1.43. The number of thiocarbonyl (C=S) groups is 1. The number of rotatable bonds is 5. The number of nitrogens with zero attached hydrogens (tertiary/aromatic N) is 4. The highest BCUT2D eigenvalue weighted by atomic mass is 32.2. The van der Waals surface area contributed by atoms with Crippen molar-refractivity contribution in [2.45, 2.75) is 13.3 Å². The van der Waals surface area contributed by atoms with Gasteiger partial charge in [0.15, 0.2) is 0 Å². The van der Waals surface area contributed by atoms with E-state index < -0.39 is 11.9 Å². The third-order valence-electron chi connectivity index (χ3n) is 5.07. The van der Waals surface area contributed by atoms with Crippen LogP contribution in [-0.4, -0.2) is 68.4 Å². The third kappa shape index (κ3) is 4.21. The lowest BCUT2D eigenvalue weighted by Gasteiger charge is -2.29. The maximum Gasteiger partial charge on any atom is 0.305 e. The van der Waals surface area contributed by atoms with Crippen LogP contribution in [0.3, 0.4) is 0 Å². The van der Waals surface area contributed by atoms with Gasteiger partial charge in [0.25, 0.3) is 11.5 Å². The molecule has 4 rings (SSSR count). The molecule has 2 aromatic heterocycles. The third-order valence-corrected chi connectivity index (χ3v) is 6.45. The van der Waals surface area contributed by atoms with Crippen LogP contribution in [0.1, 0.15) is 17.5 Å². The Morgan fingerprint density at radius 1 is 1.35 bits per heavy atom. The molecule has 0 aliphatic carbocycles. The molecule has 2 aliphatic rings. The number of thioether (sulfide) groups is 1. The van der Waals surface area contributed by atoms with Crippen molar-refractivity contribution in [3.05, 3.63) is 44.7 Å². The lowest BCUT2D eigenvalue weighted by Crippen LogP contribution is -2.38. The van der Waals surface area contributed by atoms with E-state index in [1.54, 1.807) is 12.3 Å². The Hall–Kier alpha value is -2.76. The number of aromatic nitrogens is 2. The summed E-state index contributed by atoms with van der Waals surface area (Å²) >= 11 is 6.31. The Morgan fingerprint density at radius 3 is 2.81 bits per heavy atom. The number of hydrogen-bond donors (Lipinski definition) is 1. The maximum atomic E-state index is 13.4. The van der Waals surface area contributed by atoms with E-state index in [9.17, 15) is 14.4 Å². The van der Waals surface area contributed by atoms with Crippen molar-refractivity contribution in [3.63, 3.8) is 0 Å². The highest BCUT2D eigenvalue weighted by Gasteiger charge is 2.33. The minimum atomic E-state index is -1.01. The summed E-state index contributed by atoms with van der Waals surface area (Å²) < 4.78 is 7.17. The number of carbonyl (C=O) groups excluding carboxylic acids is 1. The molecule has 0 saturated carbocycles. The molecular weight excluding hydrogens is 440 g/mol. The molecule has 162 valence electrons. The average molecular weight is 461 g/mol. The quantitative estimate of drug-likeness (QED) is 0.525. The van der Waals surface area contributed by atoms with Gasteiger partial charge in [-0.3, -0.25) is 23.7 Å². The molecule has 2 aliphatic heterocycles. The molecule has 2 fully saturated rings. The van der Waals surface area contributed by atoms with Gasteiger partial charge >= 0.3 is 5.97 Å². The fourth-order valence-corrected chi connectivity index (χ4v) is 4.76. The van der Waals surface area contributed by atoms with Crippen molar-refractivity contribution in [1.29, 1.82) is 0 Å². The number of carboxylic acids is 1. The molecule has 0 bridgehead atoms. The summed E-state index contributed by atoms with van der Waals surface area (Å²) in [5.74, 6) is -0.920. The smallest absolute Gasteiger partial charge is 0.305 e. The van der Waals surface area contributed by atoms with E-state index >= 15 is 0 Å². The second-order valence-corrected chi connectivity index (χ2v) is 8.79. The van der Waals surface area contributed by atoms with Gasteiger partial charge in [0.05, 0.1) is 30.1 Å². The van der Waals surface area contributed by atoms with Gasteiger partial charge in [0.1, 0.15) is 15.8 Å². The van der Waals surface area contributed by atoms with Crippen molar-refractivity contribution in [2.24, 2.45) is 0 Å². The first-order valence-electron chi connectivity index (χ1n) is 9.68. The van der Waals surface area contributed by atoms with E-state index in [2.05, 4.69) is 0 Å². The molecule has 11 heteroatoms. The van der Waals surface area contributed by atoms with Crippen molar-refractivity contribution in [2.75, 3.05) is 37.7 Å². The summed E-state index contributed by atoms with van der Waals surface area (Å²) in [7, 11) is 0. The van der Waals surface area contributed by atoms with E-state index in [1.165, 1.54) is 15.4 Å². The molecule has 0 aromatic carbocycles. The van der Waals surface area contributed by atoms with Crippen LogP contribution < -0.4 is 10.5 Å². The number of pyridine rings is 1. The van der Waals surface area contributed by atoms with Gasteiger partial charge in [0.2, 0.25) is 0 Å². The van der Waals surface area contributed by atoms with Crippen LogP contribution in [0.4, 0.5) is 5.82 Å². The minimum Gasteiger partial charge on any atom is -0.481 e. The standard InChI is InChI=1S/C20H20N4O5S2/c1-12-3-2-5-23-16(12)21-17(22-7-9-29-10-8-22)13(18(23)27)11-14-19(28)24(20(30)31-14)6-4-15(25)26/h2-3,5,11H,4,6-10H2,1H3,(H,25,26)/b14-11+. The summed E-state index contributed by atoms with van der Waals surface area (Å²) in [5, 5.41) is 8.92. The molecular formula is C20H20N4O5S2. The van der Waals surface area contributed by atoms with Crippen molar-refractivity contribution in [3.8, 4) is 0 Å². The van der Waals surface area contributed by atoms with Crippen LogP contribution in [-0.2, 0) is 14.3 Å². The number of fused-ring (bicyclic) bond motifs is 1. The van der Waals surface area contributed by atoms with Gasteiger partial charge in [-0.05, 0) is 24.6 Å². The first-order chi connectivity index (χ1) is 14.9. The molecule has 4 heterocycles. The van der Waals surface area contributed by atoms with Crippen molar-refractivity contribution < 1.29 is 19.4 Å². The van der Waals surface area contributed by atoms with Gasteiger partial charge in [-0.2, -0.15) is 0 Å². The van der Waals surface area contributed by atoms with Crippen LogP contribution in [0, 0.1) is 6.92 Å². The minimum absolute atomic E-state index is 0.0121. The summed E-state index contributed by atoms with van der Waals surface area (Å²) in [6.45, 7) is 4.07. The Kier molecular flexibility index (Phi) is 6.08. The summed E-state index contributed by atoms with van der Waals surface area (Å²) in [6, 6.07) is 3.66. The second-order valence-electron chi connectivity index (χ2n) is 7.12. The van der Waals surface area contributed by atoms with Crippen LogP contribution in [0.15, 0.2) is 28.0 Å². The zero-order valence-corrected chi connectivity index (χ0v) is 18.4. The summed E-state index contributed by atoms with van der Waals surface area (Å²) in [4.78, 5) is 45.4. The molecule has 0 atom stereocenters. The summed E-state index contributed by atoms with van der Waals surface area (Å²) in [6.07, 6.45) is 2.96. The number of aliphatic carboxylic acids is 1. The van der Waals surface area contributed by atoms with Crippen LogP contribution in [0.25, 0.3) is 11.7 Å². The zero-order valence-electron chi connectivity index (χ0n) is 16.7. The lowest BCUT2D eigenvalue weighted by atomic mass is 10.2. The van der Waals surface area contributed by atoms with Crippen molar-refractivity contribution >= 4 is 57.7 Å². The number of aryl methyl sites for hydroxylation is 1. The molecule has 1 N–H and O–H groups in total. The van der Waals surface area contributed by atoms with E-state index in [0.717, 1.165) is 17.3 Å². The fourth-order valence-electron chi connectivity index (χ4n) is 3.47. The largest absolute Gasteiger partial charge is 0.481 e.